The summed E-state index contributed by atoms with van der Waals surface area (Å²) in [6, 6.07) is 3.31. The number of aliphatic hydroxyl groups is 1. The van der Waals surface area contributed by atoms with Gasteiger partial charge in [0.2, 0.25) is 0 Å². The van der Waals surface area contributed by atoms with Gasteiger partial charge in [-0.05, 0) is 37.6 Å². The predicted octanol–water partition coefficient (Wildman–Crippen LogP) is 5.41. The Labute approximate surface area is 156 Å². The highest BCUT2D eigenvalue weighted by Crippen LogP contribution is 2.34. The first-order valence-corrected chi connectivity index (χ1v) is 8.32. The summed E-state index contributed by atoms with van der Waals surface area (Å²) < 4.78 is 5.19. The molecule has 0 bridgehead atoms. The Balaban J connectivity index is 0.000000238. The van der Waals surface area contributed by atoms with E-state index in [1.807, 2.05) is 19.9 Å². The maximum Gasteiger partial charge on any atom is 0.152 e. The Morgan fingerprint density at radius 2 is 1.78 bits per heavy atom. The number of allylic oxidation sites excluding steroid dienone is 3. The van der Waals surface area contributed by atoms with Crippen molar-refractivity contribution in [3.63, 3.8) is 0 Å². The van der Waals surface area contributed by atoms with Crippen LogP contribution in [0.4, 0.5) is 0 Å². The van der Waals surface area contributed by atoms with E-state index in [0.717, 1.165) is 5.56 Å². The van der Waals surface area contributed by atoms with Gasteiger partial charge in [-0.3, -0.25) is 0 Å². The molecule has 0 fully saturated rings. The highest BCUT2D eigenvalue weighted by Gasteiger charge is 2.24. The van der Waals surface area contributed by atoms with E-state index in [4.69, 9.17) is 61.4 Å². The Bertz CT molecular complexity index is 586. The highest BCUT2D eigenvalue weighted by atomic mass is 35.5. The van der Waals surface area contributed by atoms with E-state index in [0.29, 0.717) is 27.3 Å². The molecule has 128 valence electrons. The quantitative estimate of drug-likeness (QED) is 0.668. The van der Waals surface area contributed by atoms with E-state index in [-0.39, 0.29) is 19.0 Å². The van der Waals surface area contributed by atoms with Gasteiger partial charge in [0.15, 0.2) is 5.75 Å². The second-order valence-corrected chi connectivity index (χ2v) is 7.34. The molecule has 0 saturated heterocycles. The molecule has 1 aromatic rings. The van der Waals surface area contributed by atoms with E-state index in [9.17, 15) is 0 Å². The van der Waals surface area contributed by atoms with Crippen LogP contribution in [-0.4, -0.2) is 28.3 Å². The smallest absolute Gasteiger partial charge is 0.152 e. The minimum atomic E-state index is -0.414. The Kier molecular flexibility index (Phi) is 8.05. The minimum absolute atomic E-state index is 0.0142. The number of hydrogen-bond donors (Lipinski definition) is 2. The molecule has 7 heteroatoms. The van der Waals surface area contributed by atoms with Crippen LogP contribution in [0.25, 0.3) is 0 Å². The molecule has 1 unspecified atom stereocenters. The van der Waals surface area contributed by atoms with Gasteiger partial charge in [0.05, 0.1) is 26.6 Å². The van der Waals surface area contributed by atoms with E-state index in [1.54, 1.807) is 18.2 Å². The van der Waals surface area contributed by atoms with E-state index < -0.39 is 4.87 Å². The van der Waals surface area contributed by atoms with Crippen molar-refractivity contribution in [2.24, 2.45) is 0 Å². The number of phenolic OH excluding ortho intramolecular Hbond substituents is 1. The van der Waals surface area contributed by atoms with Gasteiger partial charge in [-0.15, -0.1) is 11.6 Å². The molecular weight excluding hydrogens is 382 g/mol. The van der Waals surface area contributed by atoms with Crippen LogP contribution in [0.15, 0.2) is 35.1 Å². The zero-order valence-electron chi connectivity index (χ0n) is 12.7. The van der Waals surface area contributed by atoms with Crippen LogP contribution in [0.1, 0.15) is 18.9 Å². The number of rotatable bonds is 3. The van der Waals surface area contributed by atoms with Crippen molar-refractivity contribution < 1.29 is 14.9 Å². The molecular formula is C16H18Cl4O3. The molecule has 0 spiro atoms. The van der Waals surface area contributed by atoms with Crippen molar-refractivity contribution in [2.75, 3.05) is 13.2 Å². The first-order valence-electron chi connectivity index (χ1n) is 6.81. The third-order valence-electron chi connectivity index (χ3n) is 2.86. The molecule has 1 aliphatic rings. The molecule has 0 aliphatic heterocycles. The number of phenols is 1. The van der Waals surface area contributed by atoms with Crippen LogP contribution in [-0.2, 0) is 4.74 Å². The number of hydrogen-bond acceptors (Lipinski definition) is 3. The summed E-state index contributed by atoms with van der Waals surface area (Å²) in [5, 5.41) is 18.8. The normalized spacial score (nSPS) is 20.1. The summed E-state index contributed by atoms with van der Waals surface area (Å²) in [7, 11) is 0. The summed E-state index contributed by atoms with van der Waals surface area (Å²) in [6.07, 6.45) is 4.15. The van der Waals surface area contributed by atoms with Crippen LogP contribution in [0.2, 0.25) is 10.0 Å². The second-order valence-electron chi connectivity index (χ2n) is 5.21. The van der Waals surface area contributed by atoms with Crippen molar-refractivity contribution in [2.45, 2.75) is 25.1 Å². The summed E-state index contributed by atoms with van der Waals surface area (Å²) in [5.41, 5.74) is 0.938. The molecule has 0 aromatic heterocycles. The summed E-state index contributed by atoms with van der Waals surface area (Å²) in [6.45, 7) is 3.99. The maximum atomic E-state index is 9.07. The fourth-order valence-corrected chi connectivity index (χ4v) is 3.02. The van der Waals surface area contributed by atoms with Gasteiger partial charge in [-0.1, -0.05) is 40.9 Å². The molecule has 2 rings (SSSR count). The van der Waals surface area contributed by atoms with E-state index >= 15 is 0 Å². The molecule has 3 nitrogen and oxygen atoms in total. The molecule has 0 saturated carbocycles. The lowest BCUT2D eigenvalue weighted by molar-refractivity contribution is 0.150. The molecule has 0 amide bonds. The van der Waals surface area contributed by atoms with Gasteiger partial charge in [-0.2, -0.15) is 0 Å². The third kappa shape index (κ3) is 6.82. The minimum Gasteiger partial charge on any atom is -0.505 e. The Morgan fingerprint density at radius 1 is 1.22 bits per heavy atom. The van der Waals surface area contributed by atoms with E-state index in [2.05, 4.69) is 0 Å². The van der Waals surface area contributed by atoms with Crippen molar-refractivity contribution in [3.8, 4) is 5.75 Å². The van der Waals surface area contributed by atoms with Gasteiger partial charge in [-0.25, -0.2) is 0 Å². The monoisotopic (exact) mass is 398 g/mol. The zero-order valence-corrected chi connectivity index (χ0v) is 15.8. The Morgan fingerprint density at radius 3 is 2.26 bits per heavy atom. The number of aryl methyl sites for hydroxylation is 1. The molecule has 2 N–H and O–H groups in total. The molecule has 0 radical (unpaired) electrons. The van der Waals surface area contributed by atoms with E-state index in [1.165, 1.54) is 0 Å². The number of aromatic hydroxyl groups is 1. The van der Waals surface area contributed by atoms with Crippen LogP contribution in [0.3, 0.4) is 0 Å². The maximum absolute atomic E-state index is 9.07. The largest absolute Gasteiger partial charge is 0.505 e. The Hall–Kier alpha value is -0.580. The number of alkyl halides is 1. The predicted molar refractivity (Wildman–Crippen MR) is 96.8 cm³/mol. The SMILES string of the molecule is CC1(Cl)C=CC(OCCO)=C(Cl)C1.Cc1cc(Cl)c(O)c(Cl)c1. The van der Waals surface area contributed by atoms with Crippen molar-refractivity contribution in [1.29, 1.82) is 0 Å². The van der Waals surface area contributed by atoms with Gasteiger partial charge < -0.3 is 14.9 Å². The average molecular weight is 400 g/mol. The fraction of sp³-hybridized carbons (Fsp3) is 0.375. The summed E-state index contributed by atoms with van der Waals surface area (Å²) >= 11 is 23.2. The van der Waals surface area contributed by atoms with Crippen LogP contribution in [0.5, 0.6) is 5.75 Å². The number of halogens is 4. The second kappa shape index (κ2) is 9.05. The number of ether oxygens (including phenoxy) is 1. The molecule has 23 heavy (non-hydrogen) atoms. The topological polar surface area (TPSA) is 49.7 Å². The number of aliphatic hydroxyl groups excluding tert-OH is 1. The first-order chi connectivity index (χ1) is 10.7. The lowest BCUT2D eigenvalue weighted by atomic mass is 10.0. The fourth-order valence-electron chi connectivity index (χ4n) is 1.76. The van der Waals surface area contributed by atoms with Crippen molar-refractivity contribution in [1.82, 2.24) is 0 Å². The third-order valence-corrected chi connectivity index (χ3v) is 4.02. The lowest BCUT2D eigenvalue weighted by Gasteiger charge is -2.22. The number of benzene rings is 1. The molecule has 1 aromatic carbocycles. The highest BCUT2D eigenvalue weighted by molar-refractivity contribution is 6.37. The van der Waals surface area contributed by atoms with Gasteiger partial charge in [0.25, 0.3) is 0 Å². The van der Waals surface area contributed by atoms with Crippen LogP contribution in [0, 0.1) is 6.92 Å². The van der Waals surface area contributed by atoms with Crippen molar-refractivity contribution in [3.05, 3.63) is 50.7 Å². The standard InChI is InChI=1S/C9H12Cl2O2.C7H6Cl2O/c1-9(11)3-2-8(7(10)6-9)13-5-4-12;1-4-2-5(8)7(10)6(9)3-4/h2-3,12H,4-6H2,1H3;2-3,10H,1H3. The summed E-state index contributed by atoms with van der Waals surface area (Å²) in [4.78, 5) is -0.414. The first kappa shape index (κ1) is 20.5. The van der Waals surface area contributed by atoms with Crippen molar-refractivity contribution >= 4 is 46.4 Å². The molecule has 1 aliphatic carbocycles. The molecule has 1 atom stereocenters. The molecule has 0 heterocycles. The zero-order chi connectivity index (χ0) is 17.6. The van der Waals surface area contributed by atoms with Gasteiger partial charge in [0.1, 0.15) is 12.4 Å². The average Bonchev–Trinajstić information content (AvgIpc) is 2.44. The van der Waals surface area contributed by atoms with Crippen LogP contribution >= 0.6 is 46.4 Å². The van der Waals surface area contributed by atoms with Crippen LogP contribution < -0.4 is 0 Å². The van der Waals surface area contributed by atoms with Gasteiger partial charge in [0, 0.05) is 6.42 Å². The van der Waals surface area contributed by atoms with Gasteiger partial charge >= 0.3 is 0 Å². The summed E-state index contributed by atoms with van der Waals surface area (Å²) in [5.74, 6) is 0.558. The lowest BCUT2D eigenvalue weighted by Crippen LogP contribution is -2.17.